The van der Waals surface area contributed by atoms with E-state index in [1.165, 1.54) is 45.7 Å². The van der Waals surface area contributed by atoms with Crippen LogP contribution in [0.4, 0.5) is 16.2 Å². The molecular weight excluding hydrogens is 452 g/mol. The molecule has 0 unspecified atom stereocenters. The van der Waals surface area contributed by atoms with E-state index in [1.54, 1.807) is 42.6 Å². The summed E-state index contributed by atoms with van der Waals surface area (Å²) in [4.78, 5) is 31.7. The molecule has 8 nitrogen and oxygen atoms in total. The Morgan fingerprint density at radius 2 is 1.62 bits per heavy atom. The van der Waals surface area contributed by atoms with Crippen molar-refractivity contribution in [1.29, 1.82) is 0 Å². The first kappa shape index (κ1) is 20.2. The van der Waals surface area contributed by atoms with Crippen molar-refractivity contribution in [2.75, 3.05) is 9.21 Å². The van der Waals surface area contributed by atoms with Crippen LogP contribution in [0.15, 0.2) is 88.7 Å². The molecule has 0 spiro atoms. The third kappa shape index (κ3) is 3.22. The first-order chi connectivity index (χ1) is 15.4. The summed E-state index contributed by atoms with van der Waals surface area (Å²) in [6.07, 6.45) is 1.60. The average molecular weight is 467 g/mol. The van der Waals surface area contributed by atoms with Crippen LogP contribution < -0.4 is 14.8 Å². The number of hydrogen-bond acceptors (Lipinski definition) is 5. The van der Waals surface area contributed by atoms with E-state index in [-0.39, 0.29) is 28.4 Å². The van der Waals surface area contributed by atoms with Crippen molar-refractivity contribution in [2.24, 2.45) is 0 Å². The second-order valence-corrected chi connectivity index (χ2v) is 9.29. The molecule has 0 aliphatic carbocycles. The van der Waals surface area contributed by atoms with Crippen molar-refractivity contribution in [2.45, 2.75) is 11.4 Å². The third-order valence-corrected chi connectivity index (χ3v) is 7.08. The Morgan fingerprint density at radius 3 is 2.41 bits per heavy atom. The van der Waals surface area contributed by atoms with Crippen molar-refractivity contribution < 1.29 is 13.2 Å². The van der Waals surface area contributed by atoms with Crippen molar-refractivity contribution >= 4 is 44.7 Å². The summed E-state index contributed by atoms with van der Waals surface area (Å²) >= 11 is 5.93. The number of fused-ring (bicyclic) bond motifs is 2. The number of para-hydroxylation sites is 1. The number of sulfonamides is 1. The number of benzene rings is 2. The number of rotatable bonds is 3. The summed E-state index contributed by atoms with van der Waals surface area (Å²) in [6.45, 7) is -0.0872. The van der Waals surface area contributed by atoms with Gasteiger partial charge in [0, 0.05) is 17.3 Å². The predicted molar refractivity (Wildman–Crippen MR) is 121 cm³/mol. The summed E-state index contributed by atoms with van der Waals surface area (Å²) in [6, 6.07) is 17.9. The van der Waals surface area contributed by atoms with Crippen molar-refractivity contribution in [1.82, 2.24) is 9.38 Å². The SMILES string of the molecule is O=C1N(Cc2cc(=O)n3ccccc3n2)c2ccccc2S(=O)(=O)N1c1ccc(Cl)cc1. The molecule has 1 aliphatic heterocycles. The van der Waals surface area contributed by atoms with E-state index in [9.17, 15) is 18.0 Å². The van der Waals surface area contributed by atoms with Crippen LogP contribution in [0.25, 0.3) is 5.65 Å². The Kier molecular flexibility index (Phi) is 4.72. The molecule has 0 radical (unpaired) electrons. The zero-order valence-electron chi connectivity index (χ0n) is 16.4. The number of carbonyl (C=O) groups excluding carboxylic acids is 1. The van der Waals surface area contributed by atoms with E-state index in [0.29, 0.717) is 16.4 Å². The number of anilines is 2. The standard InChI is InChI=1S/C22H15ClN4O4S/c23-15-8-10-17(11-9-15)27-22(29)26(18-5-1-2-6-19(18)32(27,30)31)14-16-13-21(28)25-12-4-3-7-20(25)24-16/h1-13H,14H2. The zero-order chi connectivity index (χ0) is 22.5. The molecule has 1 aliphatic rings. The molecule has 0 bridgehead atoms. The quantitative estimate of drug-likeness (QED) is 0.459. The number of urea groups is 1. The zero-order valence-corrected chi connectivity index (χ0v) is 18.0. The van der Waals surface area contributed by atoms with E-state index >= 15 is 0 Å². The molecule has 2 aromatic heterocycles. The van der Waals surface area contributed by atoms with Gasteiger partial charge in [-0.25, -0.2) is 18.2 Å². The first-order valence-corrected chi connectivity index (χ1v) is 11.4. The minimum Gasteiger partial charge on any atom is -0.286 e. The van der Waals surface area contributed by atoms with Crippen LogP contribution in [-0.2, 0) is 16.6 Å². The van der Waals surface area contributed by atoms with E-state index in [1.807, 2.05) is 0 Å². The van der Waals surface area contributed by atoms with Gasteiger partial charge in [0.1, 0.15) is 10.5 Å². The van der Waals surface area contributed by atoms with Gasteiger partial charge >= 0.3 is 6.03 Å². The van der Waals surface area contributed by atoms with Gasteiger partial charge in [0.25, 0.3) is 15.6 Å². The van der Waals surface area contributed by atoms with Crippen molar-refractivity contribution in [3.8, 4) is 0 Å². The number of amides is 2. The fourth-order valence-electron chi connectivity index (χ4n) is 3.64. The summed E-state index contributed by atoms with van der Waals surface area (Å²) in [5.41, 5.74) is 0.836. The Balaban J connectivity index is 1.65. The maximum Gasteiger partial charge on any atom is 0.343 e. The van der Waals surface area contributed by atoms with E-state index < -0.39 is 16.1 Å². The summed E-state index contributed by atoms with van der Waals surface area (Å²) < 4.78 is 28.7. The van der Waals surface area contributed by atoms with E-state index in [0.717, 1.165) is 4.31 Å². The van der Waals surface area contributed by atoms with Gasteiger partial charge in [-0.3, -0.25) is 14.1 Å². The highest BCUT2D eigenvalue weighted by Crippen LogP contribution is 2.38. The van der Waals surface area contributed by atoms with Crippen LogP contribution in [0.5, 0.6) is 0 Å². The fourth-order valence-corrected chi connectivity index (χ4v) is 5.36. The van der Waals surface area contributed by atoms with Crippen molar-refractivity contribution in [3.63, 3.8) is 0 Å². The van der Waals surface area contributed by atoms with Gasteiger partial charge in [-0.15, -0.1) is 0 Å². The third-order valence-electron chi connectivity index (χ3n) is 5.08. The molecule has 32 heavy (non-hydrogen) atoms. The number of carbonyl (C=O) groups is 1. The second-order valence-electron chi connectivity index (χ2n) is 7.10. The van der Waals surface area contributed by atoms with Crippen LogP contribution in [0.3, 0.4) is 0 Å². The van der Waals surface area contributed by atoms with Gasteiger partial charge in [-0.2, -0.15) is 4.31 Å². The van der Waals surface area contributed by atoms with E-state index in [4.69, 9.17) is 11.6 Å². The maximum absolute atomic E-state index is 13.5. The number of pyridine rings is 1. The molecule has 160 valence electrons. The van der Waals surface area contributed by atoms with Gasteiger partial charge < -0.3 is 0 Å². The highest BCUT2D eigenvalue weighted by Gasteiger charge is 2.42. The number of halogens is 1. The molecule has 0 atom stereocenters. The van der Waals surface area contributed by atoms with Gasteiger partial charge in [-0.05, 0) is 48.5 Å². The van der Waals surface area contributed by atoms with Crippen molar-refractivity contribution in [3.05, 3.63) is 100 Å². The predicted octanol–water partition coefficient (Wildman–Crippen LogP) is 3.68. The highest BCUT2D eigenvalue weighted by molar-refractivity contribution is 7.94. The lowest BCUT2D eigenvalue weighted by molar-refractivity contribution is 0.253. The molecule has 0 N–H and O–H groups in total. The highest BCUT2D eigenvalue weighted by atomic mass is 35.5. The fraction of sp³-hybridized carbons (Fsp3) is 0.0455. The molecular formula is C22H15ClN4O4S. The number of aromatic nitrogens is 2. The lowest BCUT2D eigenvalue weighted by Gasteiger charge is -2.36. The second kappa shape index (κ2) is 7.47. The molecule has 5 rings (SSSR count). The largest absolute Gasteiger partial charge is 0.343 e. The maximum atomic E-state index is 13.5. The van der Waals surface area contributed by atoms with Gasteiger partial charge in [0.05, 0.1) is 23.6 Å². The van der Waals surface area contributed by atoms with Gasteiger partial charge in [0.2, 0.25) is 0 Å². The first-order valence-electron chi connectivity index (χ1n) is 9.55. The average Bonchev–Trinajstić information content (AvgIpc) is 2.78. The smallest absolute Gasteiger partial charge is 0.286 e. The Bertz CT molecular complexity index is 1530. The normalized spacial score (nSPS) is 15.1. The molecule has 2 aromatic carbocycles. The number of hydrogen-bond donors (Lipinski definition) is 0. The molecule has 4 aromatic rings. The summed E-state index contributed by atoms with van der Waals surface area (Å²) in [5, 5.41) is 0.411. The molecule has 0 saturated carbocycles. The Hall–Kier alpha value is -3.69. The van der Waals surface area contributed by atoms with Crippen LogP contribution in [-0.4, -0.2) is 23.8 Å². The topological polar surface area (TPSA) is 92.1 Å². The van der Waals surface area contributed by atoms with E-state index in [2.05, 4.69) is 4.98 Å². The van der Waals surface area contributed by atoms with Crippen LogP contribution in [0.1, 0.15) is 5.69 Å². The number of nitrogens with zero attached hydrogens (tertiary/aromatic N) is 4. The summed E-state index contributed by atoms with van der Waals surface area (Å²) in [7, 11) is -4.15. The molecule has 0 saturated heterocycles. The van der Waals surface area contributed by atoms with Gasteiger partial charge in [0.15, 0.2) is 0 Å². The van der Waals surface area contributed by atoms with Crippen LogP contribution in [0.2, 0.25) is 5.02 Å². The molecule has 0 fully saturated rings. The Labute approximate surface area is 188 Å². The minimum absolute atomic E-state index is 0.0212. The molecule has 3 heterocycles. The lowest BCUT2D eigenvalue weighted by Crippen LogP contribution is -2.50. The molecule has 10 heteroatoms. The minimum atomic E-state index is -4.15. The Morgan fingerprint density at radius 1 is 0.906 bits per heavy atom. The monoisotopic (exact) mass is 466 g/mol. The lowest BCUT2D eigenvalue weighted by atomic mass is 10.2. The van der Waals surface area contributed by atoms with Gasteiger partial charge in [-0.1, -0.05) is 29.8 Å². The molecule has 2 amide bonds. The van der Waals surface area contributed by atoms with Crippen LogP contribution in [0, 0.1) is 0 Å². The van der Waals surface area contributed by atoms with Crippen LogP contribution >= 0.6 is 11.6 Å². The summed E-state index contributed by atoms with van der Waals surface area (Å²) in [5.74, 6) is 0.